The topological polar surface area (TPSA) is 78.0 Å². The molecule has 30 heavy (non-hydrogen) atoms. The zero-order valence-corrected chi connectivity index (χ0v) is 18.8. The van der Waals surface area contributed by atoms with Crippen molar-refractivity contribution in [2.24, 2.45) is 0 Å². The SMILES string of the molecule is CCOc1cc2c(cc1CSc1ccc(S(=O)(=O)N3CCOCC3)cn1)OC(C)C2. The average molecular weight is 451 g/mol. The summed E-state index contributed by atoms with van der Waals surface area (Å²) in [5.41, 5.74) is 2.22. The van der Waals surface area contributed by atoms with Crippen molar-refractivity contribution in [3.8, 4) is 11.5 Å². The molecule has 0 N–H and O–H groups in total. The molecule has 1 saturated heterocycles. The number of sulfonamides is 1. The van der Waals surface area contributed by atoms with Crippen LogP contribution in [-0.2, 0) is 26.9 Å². The molecule has 1 fully saturated rings. The number of hydrogen-bond acceptors (Lipinski definition) is 7. The minimum Gasteiger partial charge on any atom is -0.494 e. The Kier molecular flexibility index (Phi) is 6.52. The summed E-state index contributed by atoms with van der Waals surface area (Å²) in [6.45, 7) is 6.22. The van der Waals surface area contributed by atoms with Crippen LogP contribution < -0.4 is 9.47 Å². The van der Waals surface area contributed by atoms with Crippen molar-refractivity contribution >= 4 is 21.8 Å². The summed E-state index contributed by atoms with van der Waals surface area (Å²) in [4.78, 5) is 4.58. The molecule has 0 spiro atoms. The minimum atomic E-state index is -3.53. The molecular weight excluding hydrogens is 424 g/mol. The molecule has 2 aromatic rings. The smallest absolute Gasteiger partial charge is 0.244 e. The number of morpholine rings is 1. The summed E-state index contributed by atoms with van der Waals surface area (Å²) in [6.07, 6.45) is 2.51. The van der Waals surface area contributed by atoms with E-state index in [1.54, 1.807) is 12.1 Å². The lowest BCUT2D eigenvalue weighted by Gasteiger charge is -2.25. The third-order valence-corrected chi connectivity index (χ3v) is 7.95. The number of benzene rings is 1. The maximum atomic E-state index is 12.7. The van der Waals surface area contributed by atoms with E-state index in [4.69, 9.17) is 14.2 Å². The van der Waals surface area contributed by atoms with Gasteiger partial charge in [0.05, 0.1) is 24.8 Å². The van der Waals surface area contributed by atoms with E-state index in [0.29, 0.717) is 38.7 Å². The Bertz CT molecular complexity index is 989. The number of thioether (sulfide) groups is 1. The number of hydrogen-bond donors (Lipinski definition) is 0. The van der Waals surface area contributed by atoms with Gasteiger partial charge >= 0.3 is 0 Å². The predicted octanol–water partition coefficient (Wildman–Crippen LogP) is 3.12. The molecule has 162 valence electrons. The first kappa shape index (κ1) is 21.4. The van der Waals surface area contributed by atoms with Gasteiger partial charge in [-0.2, -0.15) is 4.31 Å². The lowest BCUT2D eigenvalue weighted by atomic mass is 10.1. The van der Waals surface area contributed by atoms with Gasteiger partial charge < -0.3 is 14.2 Å². The monoisotopic (exact) mass is 450 g/mol. The van der Waals surface area contributed by atoms with Crippen molar-refractivity contribution in [1.29, 1.82) is 0 Å². The van der Waals surface area contributed by atoms with Crippen LogP contribution >= 0.6 is 11.8 Å². The molecule has 0 aliphatic carbocycles. The highest BCUT2D eigenvalue weighted by atomic mass is 32.2. The summed E-state index contributed by atoms with van der Waals surface area (Å²) in [6, 6.07) is 7.50. The van der Waals surface area contributed by atoms with Gasteiger partial charge in [-0.3, -0.25) is 0 Å². The van der Waals surface area contributed by atoms with Crippen LogP contribution in [0, 0.1) is 0 Å². The van der Waals surface area contributed by atoms with Crippen LogP contribution in [0.15, 0.2) is 40.4 Å². The lowest BCUT2D eigenvalue weighted by Crippen LogP contribution is -2.40. The number of pyridine rings is 1. The quantitative estimate of drug-likeness (QED) is 0.600. The van der Waals surface area contributed by atoms with E-state index in [2.05, 4.69) is 18.0 Å². The first-order valence-corrected chi connectivity index (χ1v) is 12.5. The number of aromatic nitrogens is 1. The highest BCUT2D eigenvalue weighted by molar-refractivity contribution is 7.98. The summed E-state index contributed by atoms with van der Waals surface area (Å²) in [5, 5.41) is 0.758. The molecule has 0 amide bonds. The third kappa shape index (κ3) is 4.59. The number of rotatable bonds is 7. The average Bonchev–Trinajstić information content (AvgIpc) is 3.12. The van der Waals surface area contributed by atoms with Gasteiger partial charge in [0.15, 0.2) is 0 Å². The first-order chi connectivity index (χ1) is 14.5. The van der Waals surface area contributed by atoms with Crippen molar-refractivity contribution < 1.29 is 22.6 Å². The van der Waals surface area contributed by atoms with Crippen molar-refractivity contribution in [3.63, 3.8) is 0 Å². The Hall–Kier alpha value is -1.81. The molecule has 1 atom stereocenters. The van der Waals surface area contributed by atoms with E-state index in [9.17, 15) is 8.42 Å². The first-order valence-electron chi connectivity index (χ1n) is 10.1. The highest BCUT2D eigenvalue weighted by Gasteiger charge is 2.26. The normalized spacial score (nSPS) is 19.3. The second kappa shape index (κ2) is 9.13. The van der Waals surface area contributed by atoms with Crippen molar-refractivity contribution in [1.82, 2.24) is 9.29 Å². The Morgan fingerprint density at radius 1 is 1.27 bits per heavy atom. The summed E-state index contributed by atoms with van der Waals surface area (Å²) in [7, 11) is -3.53. The highest BCUT2D eigenvalue weighted by Crippen LogP contribution is 2.37. The van der Waals surface area contributed by atoms with E-state index in [1.165, 1.54) is 27.8 Å². The fourth-order valence-electron chi connectivity index (χ4n) is 3.58. The largest absolute Gasteiger partial charge is 0.494 e. The fourth-order valence-corrected chi connectivity index (χ4v) is 5.75. The second-order valence-electron chi connectivity index (χ2n) is 7.27. The third-order valence-electron chi connectivity index (χ3n) is 5.07. The zero-order chi connectivity index (χ0) is 21.1. The maximum absolute atomic E-state index is 12.7. The maximum Gasteiger partial charge on any atom is 0.244 e. The van der Waals surface area contributed by atoms with Gasteiger partial charge in [0.2, 0.25) is 10.0 Å². The Balaban J connectivity index is 1.46. The Labute approximate surface area is 181 Å². The molecule has 9 heteroatoms. The van der Waals surface area contributed by atoms with E-state index >= 15 is 0 Å². The van der Waals surface area contributed by atoms with Gasteiger partial charge in [0.1, 0.15) is 22.5 Å². The van der Waals surface area contributed by atoms with Crippen molar-refractivity contribution in [2.45, 2.75) is 42.0 Å². The molecule has 7 nitrogen and oxygen atoms in total. The Morgan fingerprint density at radius 3 is 2.77 bits per heavy atom. The molecule has 0 saturated carbocycles. The van der Waals surface area contributed by atoms with Crippen LogP contribution in [0.2, 0.25) is 0 Å². The summed E-state index contributed by atoms with van der Waals surface area (Å²) >= 11 is 1.54. The zero-order valence-electron chi connectivity index (χ0n) is 17.2. The molecule has 4 rings (SSSR count). The van der Waals surface area contributed by atoms with Crippen LogP contribution in [0.5, 0.6) is 11.5 Å². The van der Waals surface area contributed by atoms with Crippen LogP contribution in [0.25, 0.3) is 0 Å². The molecule has 1 aromatic heterocycles. The van der Waals surface area contributed by atoms with E-state index < -0.39 is 10.0 Å². The summed E-state index contributed by atoms with van der Waals surface area (Å²) in [5.74, 6) is 2.44. The van der Waals surface area contributed by atoms with Gasteiger partial charge in [-0.1, -0.05) is 0 Å². The molecule has 0 bridgehead atoms. The van der Waals surface area contributed by atoms with Gasteiger partial charge in [0, 0.05) is 42.6 Å². The van der Waals surface area contributed by atoms with Gasteiger partial charge in [-0.05, 0) is 38.1 Å². The molecule has 3 heterocycles. The van der Waals surface area contributed by atoms with Crippen LogP contribution in [-0.4, -0.2) is 56.7 Å². The molecule has 2 aliphatic rings. The van der Waals surface area contributed by atoms with E-state index in [0.717, 1.165) is 28.5 Å². The standard InChI is InChI=1S/C21H26N2O5S2/c1-3-27-19-11-16-10-15(2)28-20(16)12-17(19)14-29-21-5-4-18(13-22-21)30(24,25)23-6-8-26-9-7-23/h4-5,11-13,15H,3,6-10,14H2,1-2H3. The van der Waals surface area contributed by atoms with Crippen LogP contribution in [0.1, 0.15) is 25.0 Å². The molecule has 2 aliphatic heterocycles. The lowest BCUT2D eigenvalue weighted by molar-refractivity contribution is 0.0730. The Morgan fingerprint density at radius 2 is 2.07 bits per heavy atom. The number of fused-ring (bicyclic) bond motifs is 1. The minimum absolute atomic E-state index is 0.181. The van der Waals surface area contributed by atoms with Crippen LogP contribution in [0.3, 0.4) is 0 Å². The number of nitrogens with zero attached hydrogens (tertiary/aromatic N) is 2. The molecule has 0 radical (unpaired) electrons. The summed E-state index contributed by atoms with van der Waals surface area (Å²) < 4.78 is 43.8. The predicted molar refractivity (Wildman–Crippen MR) is 115 cm³/mol. The van der Waals surface area contributed by atoms with Crippen molar-refractivity contribution in [2.75, 3.05) is 32.9 Å². The van der Waals surface area contributed by atoms with E-state index in [1.807, 2.05) is 13.0 Å². The van der Waals surface area contributed by atoms with Crippen molar-refractivity contribution in [3.05, 3.63) is 41.6 Å². The number of ether oxygens (including phenoxy) is 3. The fraction of sp³-hybridized carbons (Fsp3) is 0.476. The molecular formula is C21H26N2O5S2. The molecule has 1 unspecified atom stereocenters. The molecule has 1 aromatic carbocycles. The van der Waals surface area contributed by atoms with Crippen LogP contribution in [0.4, 0.5) is 0 Å². The van der Waals surface area contributed by atoms with E-state index in [-0.39, 0.29) is 11.0 Å². The van der Waals surface area contributed by atoms with Gasteiger partial charge in [-0.25, -0.2) is 13.4 Å². The van der Waals surface area contributed by atoms with Gasteiger partial charge in [-0.15, -0.1) is 11.8 Å². The second-order valence-corrected chi connectivity index (χ2v) is 10.2. The van der Waals surface area contributed by atoms with Gasteiger partial charge in [0.25, 0.3) is 0 Å².